The van der Waals surface area contributed by atoms with Gasteiger partial charge in [-0.15, -0.1) is 0 Å². The fraction of sp³-hybridized carbons (Fsp3) is 0.421. The summed E-state index contributed by atoms with van der Waals surface area (Å²) < 4.78 is 1.22. The van der Waals surface area contributed by atoms with Crippen LogP contribution in [0.1, 0.15) is 21.5 Å². The average molecular weight is 354 g/mol. The highest BCUT2D eigenvalue weighted by Gasteiger charge is 2.31. The third-order valence-corrected chi connectivity index (χ3v) is 5.49. The van der Waals surface area contributed by atoms with Crippen LogP contribution in [0.4, 0.5) is 0 Å². The minimum Gasteiger partial charge on any atom is -0.336 e. The average Bonchev–Trinajstić information content (AvgIpc) is 3.08. The number of piperazine rings is 1. The standard InChI is InChI=1S/C19H22N4O3/c1-21-12-16(17(24)20-19(21)26)18(25)23-8-6-22(7-9-23)15-10-13-4-2-3-5-14(13)11-15/h2-5,12,15H,6-11H2,1H3,(H,20,24,26). The summed E-state index contributed by atoms with van der Waals surface area (Å²) in [6.07, 6.45) is 3.44. The Labute approximate surface area is 150 Å². The Morgan fingerprint density at radius 1 is 1.04 bits per heavy atom. The number of aryl methyl sites for hydroxylation is 1. The Bertz CT molecular complexity index is 929. The highest BCUT2D eigenvalue weighted by Crippen LogP contribution is 2.26. The van der Waals surface area contributed by atoms with E-state index in [0.29, 0.717) is 19.1 Å². The van der Waals surface area contributed by atoms with Crippen molar-refractivity contribution in [3.63, 3.8) is 0 Å². The molecule has 2 aromatic rings. The number of aromatic nitrogens is 2. The van der Waals surface area contributed by atoms with Gasteiger partial charge in [-0.1, -0.05) is 24.3 Å². The monoisotopic (exact) mass is 354 g/mol. The van der Waals surface area contributed by atoms with Gasteiger partial charge in [0.2, 0.25) is 0 Å². The fourth-order valence-electron chi connectivity index (χ4n) is 3.97. The van der Waals surface area contributed by atoms with Gasteiger partial charge < -0.3 is 9.47 Å². The number of carbonyl (C=O) groups excluding carboxylic acids is 1. The van der Waals surface area contributed by atoms with E-state index < -0.39 is 11.2 Å². The molecular weight excluding hydrogens is 332 g/mol. The molecular formula is C19H22N4O3. The van der Waals surface area contributed by atoms with Crippen LogP contribution < -0.4 is 11.2 Å². The number of hydrogen-bond acceptors (Lipinski definition) is 4. The van der Waals surface area contributed by atoms with Crippen LogP contribution in [0, 0.1) is 0 Å². The maximum atomic E-state index is 12.7. The van der Waals surface area contributed by atoms with Gasteiger partial charge in [-0.2, -0.15) is 0 Å². The molecule has 136 valence electrons. The van der Waals surface area contributed by atoms with Crippen LogP contribution in [0.2, 0.25) is 0 Å². The lowest BCUT2D eigenvalue weighted by atomic mass is 10.1. The van der Waals surface area contributed by atoms with Gasteiger partial charge in [0.15, 0.2) is 0 Å². The van der Waals surface area contributed by atoms with Gasteiger partial charge in [-0.25, -0.2) is 4.79 Å². The lowest BCUT2D eigenvalue weighted by Crippen LogP contribution is -2.53. The molecule has 26 heavy (non-hydrogen) atoms. The Hall–Kier alpha value is -2.67. The van der Waals surface area contributed by atoms with Gasteiger partial charge >= 0.3 is 5.69 Å². The minimum atomic E-state index is -0.619. The fourth-order valence-corrected chi connectivity index (χ4v) is 3.97. The maximum Gasteiger partial charge on any atom is 0.328 e. The molecule has 1 aromatic heterocycles. The molecule has 0 bridgehead atoms. The van der Waals surface area contributed by atoms with Crippen molar-refractivity contribution in [3.05, 3.63) is 68.0 Å². The van der Waals surface area contributed by atoms with E-state index in [1.807, 2.05) is 0 Å². The van der Waals surface area contributed by atoms with E-state index in [2.05, 4.69) is 34.1 Å². The number of nitrogens with zero attached hydrogens (tertiary/aromatic N) is 3. The largest absolute Gasteiger partial charge is 0.336 e. The third kappa shape index (κ3) is 2.99. The van der Waals surface area contributed by atoms with E-state index in [9.17, 15) is 14.4 Å². The highest BCUT2D eigenvalue weighted by atomic mass is 16.2. The van der Waals surface area contributed by atoms with Gasteiger partial charge in [0.05, 0.1) is 0 Å². The first-order valence-corrected chi connectivity index (χ1v) is 8.93. The van der Waals surface area contributed by atoms with E-state index in [1.54, 1.807) is 4.90 Å². The van der Waals surface area contributed by atoms with Crippen molar-refractivity contribution in [2.24, 2.45) is 7.05 Å². The second-order valence-corrected chi connectivity index (χ2v) is 7.07. The highest BCUT2D eigenvalue weighted by molar-refractivity contribution is 5.93. The number of carbonyl (C=O) groups is 1. The lowest BCUT2D eigenvalue weighted by molar-refractivity contribution is 0.0573. The summed E-state index contributed by atoms with van der Waals surface area (Å²) in [4.78, 5) is 42.4. The summed E-state index contributed by atoms with van der Waals surface area (Å²) in [6, 6.07) is 9.05. The van der Waals surface area contributed by atoms with E-state index in [4.69, 9.17) is 0 Å². The van der Waals surface area contributed by atoms with Gasteiger partial charge in [-0.3, -0.25) is 19.5 Å². The molecule has 1 aromatic carbocycles. The molecule has 7 heteroatoms. The van der Waals surface area contributed by atoms with E-state index in [-0.39, 0.29) is 11.5 Å². The van der Waals surface area contributed by atoms with Crippen LogP contribution in [-0.4, -0.2) is 57.5 Å². The topological polar surface area (TPSA) is 78.4 Å². The number of amides is 1. The normalized spacial score (nSPS) is 18.1. The summed E-state index contributed by atoms with van der Waals surface area (Å²) in [5.74, 6) is -0.309. The van der Waals surface area contributed by atoms with Crippen LogP contribution in [0.5, 0.6) is 0 Å². The Balaban J connectivity index is 1.41. The molecule has 1 N–H and O–H groups in total. The molecule has 1 aliphatic carbocycles. The zero-order valence-corrected chi connectivity index (χ0v) is 14.8. The van der Waals surface area contributed by atoms with Crippen molar-refractivity contribution in [2.45, 2.75) is 18.9 Å². The van der Waals surface area contributed by atoms with Crippen molar-refractivity contribution in [1.82, 2.24) is 19.4 Å². The molecule has 0 radical (unpaired) electrons. The summed E-state index contributed by atoms with van der Waals surface area (Å²) in [6.45, 7) is 2.78. The third-order valence-electron chi connectivity index (χ3n) is 5.49. The number of aromatic amines is 1. The van der Waals surface area contributed by atoms with Crippen LogP contribution >= 0.6 is 0 Å². The number of H-pyrrole nitrogens is 1. The Morgan fingerprint density at radius 3 is 2.27 bits per heavy atom. The van der Waals surface area contributed by atoms with Crippen molar-refractivity contribution in [3.8, 4) is 0 Å². The number of fused-ring (bicyclic) bond motifs is 1. The zero-order chi connectivity index (χ0) is 18.3. The van der Waals surface area contributed by atoms with Crippen molar-refractivity contribution in [1.29, 1.82) is 0 Å². The molecule has 4 rings (SSSR count). The zero-order valence-electron chi connectivity index (χ0n) is 14.8. The van der Waals surface area contributed by atoms with Gasteiger partial charge in [0.1, 0.15) is 5.56 Å². The second-order valence-electron chi connectivity index (χ2n) is 7.07. The second kappa shape index (κ2) is 6.57. The van der Waals surface area contributed by atoms with Crippen molar-refractivity contribution >= 4 is 5.91 Å². The molecule has 1 saturated heterocycles. The number of hydrogen-bond donors (Lipinski definition) is 1. The summed E-state index contributed by atoms with van der Waals surface area (Å²) in [5, 5.41) is 0. The van der Waals surface area contributed by atoms with Crippen LogP contribution in [0.15, 0.2) is 40.1 Å². The molecule has 0 saturated carbocycles. The Morgan fingerprint density at radius 2 is 1.65 bits per heavy atom. The summed E-state index contributed by atoms with van der Waals surface area (Å²) in [5.41, 5.74) is 1.73. The van der Waals surface area contributed by atoms with Crippen molar-refractivity contribution < 1.29 is 4.79 Å². The smallest absolute Gasteiger partial charge is 0.328 e. The first kappa shape index (κ1) is 16.8. The SMILES string of the molecule is Cn1cc(C(=O)N2CCN(C3Cc4ccccc4C3)CC2)c(=O)[nH]c1=O. The molecule has 1 fully saturated rings. The van der Waals surface area contributed by atoms with E-state index in [1.165, 1.54) is 28.9 Å². The molecule has 1 aliphatic heterocycles. The lowest BCUT2D eigenvalue weighted by Gasteiger charge is -2.38. The van der Waals surface area contributed by atoms with Gasteiger partial charge in [0.25, 0.3) is 11.5 Å². The van der Waals surface area contributed by atoms with Crippen LogP contribution in [0.25, 0.3) is 0 Å². The van der Waals surface area contributed by atoms with Gasteiger partial charge in [-0.05, 0) is 24.0 Å². The quantitative estimate of drug-likeness (QED) is 0.823. The van der Waals surface area contributed by atoms with Gasteiger partial charge in [0, 0.05) is 45.5 Å². The molecule has 0 spiro atoms. The maximum absolute atomic E-state index is 12.7. The first-order valence-electron chi connectivity index (χ1n) is 8.93. The minimum absolute atomic E-state index is 0.0221. The molecule has 7 nitrogen and oxygen atoms in total. The molecule has 2 aliphatic rings. The summed E-state index contributed by atoms with van der Waals surface area (Å²) in [7, 11) is 1.52. The number of benzene rings is 1. The molecule has 0 atom stereocenters. The van der Waals surface area contributed by atoms with Crippen LogP contribution in [0.3, 0.4) is 0 Å². The van der Waals surface area contributed by atoms with E-state index in [0.717, 1.165) is 25.9 Å². The van der Waals surface area contributed by atoms with Crippen LogP contribution in [-0.2, 0) is 19.9 Å². The predicted molar refractivity (Wildman–Crippen MR) is 97.4 cm³/mol. The molecule has 2 heterocycles. The molecule has 0 unspecified atom stereocenters. The van der Waals surface area contributed by atoms with Crippen molar-refractivity contribution in [2.75, 3.05) is 26.2 Å². The number of rotatable bonds is 2. The number of nitrogens with one attached hydrogen (secondary N) is 1. The molecule has 1 amide bonds. The summed E-state index contributed by atoms with van der Waals surface area (Å²) >= 11 is 0. The first-order chi connectivity index (χ1) is 12.5. The Kier molecular flexibility index (Phi) is 4.24. The predicted octanol–water partition coefficient (Wildman–Crippen LogP) is -0.00120. The van der Waals surface area contributed by atoms with E-state index >= 15 is 0 Å².